The molecule has 0 spiro atoms. The van der Waals surface area contributed by atoms with E-state index in [1.807, 2.05) is 24.4 Å². The number of fused-ring (bicyclic) bond motifs is 1. The van der Waals surface area contributed by atoms with E-state index in [9.17, 15) is 5.11 Å². The number of nitrogens with zero attached hydrogens (tertiary/aromatic N) is 2. The highest BCUT2D eigenvalue weighted by molar-refractivity contribution is 5.44. The molecule has 3 fully saturated rings. The Kier molecular flexibility index (Phi) is 1.36. The Labute approximate surface area is 93.7 Å². The highest BCUT2D eigenvalue weighted by atomic mass is 16.3. The molecular weight excluding hydrogens is 200 g/mol. The Morgan fingerprint density at radius 2 is 2.12 bits per heavy atom. The maximum absolute atomic E-state index is 9.26. The van der Waals surface area contributed by atoms with Crippen molar-refractivity contribution >= 4 is 5.65 Å². The highest BCUT2D eigenvalue weighted by Gasteiger charge is 2.68. The Morgan fingerprint density at radius 3 is 2.81 bits per heavy atom. The van der Waals surface area contributed by atoms with Crippen molar-refractivity contribution in [2.75, 3.05) is 6.61 Å². The van der Waals surface area contributed by atoms with Gasteiger partial charge in [-0.3, -0.25) is 0 Å². The number of imidazole rings is 1. The van der Waals surface area contributed by atoms with Gasteiger partial charge in [0.1, 0.15) is 5.65 Å². The molecular formula is C13H14N2O. The first-order chi connectivity index (χ1) is 7.75. The van der Waals surface area contributed by atoms with Crippen molar-refractivity contribution in [1.29, 1.82) is 0 Å². The Morgan fingerprint density at radius 1 is 1.31 bits per heavy atom. The van der Waals surface area contributed by atoms with E-state index >= 15 is 0 Å². The zero-order chi connectivity index (χ0) is 10.8. The lowest BCUT2D eigenvalue weighted by Crippen LogP contribution is -2.66. The normalized spacial score (nSPS) is 35.8. The monoisotopic (exact) mass is 214 g/mol. The second-order valence-corrected chi connectivity index (χ2v) is 5.56. The van der Waals surface area contributed by atoms with E-state index in [1.165, 1.54) is 5.69 Å². The number of aromatic nitrogens is 2. The first-order valence-corrected chi connectivity index (χ1v) is 5.81. The molecule has 3 heteroatoms. The van der Waals surface area contributed by atoms with Crippen LogP contribution in [0.2, 0.25) is 0 Å². The Hall–Kier alpha value is -1.35. The predicted molar refractivity (Wildman–Crippen MR) is 60.2 cm³/mol. The van der Waals surface area contributed by atoms with Crippen molar-refractivity contribution < 1.29 is 5.11 Å². The third kappa shape index (κ3) is 0.861. The Balaban J connectivity index is 1.74. The fraction of sp³-hybridized carbons (Fsp3) is 0.462. The summed E-state index contributed by atoms with van der Waals surface area (Å²) in [5, 5.41) is 9.26. The van der Waals surface area contributed by atoms with Crippen LogP contribution in [0.5, 0.6) is 0 Å². The number of rotatable bonds is 2. The van der Waals surface area contributed by atoms with Gasteiger partial charge in [0.15, 0.2) is 0 Å². The second-order valence-electron chi connectivity index (χ2n) is 5.56. The van der Waals surface area contributed by atoms with Crippen LogP contribution in [0.4, 0.5) is 0 Å². The summed E-state index contributed by atoms with van der Waals surface area (Å²) >= 11 is 0. The molecule has 3 nitrogen and oxygen atoms in total. The van der Waals surface area contributed by atoms with Crippen molar-refractivity contribution in [1.82, 2.24) is 9.38 Å². The summed E-state index contributed by atoms with van der Waals surface area (Å²) < 4.78 is 2.08. The van der Waals surface area contributed by atoms with Gasteiger partial charge in [-0.05, 0) is 36.8 Å². The molecule has 0 aliphatic heterocycles. The van der Waals surface area contributed by atoms with Crippen molar-refractivity contribution in [3.05, 3.63) is 36.3 Å². The van der Waals surface area contributed by atoms with Crippen molar-refractivity contribution in [2.24, 2.45) is 5.41 Å². The molecule has 2 heterocycles. The maximum Gasteiger partial charge on any atom is 0.136 e. The molecule has 3 aliphatic carbocycles. The van der Waals surface area contributed by atoms with Gasteiger partial charge in [-0.2, -0.15) is 0 Å². The van der Waals surface area contributed by atoms with Crippen LogP contribution in [0.3, 0.4) is 0 Å². The van der Waals surface area contributed by atoms with Crippen LogP contribution in [0, 0.1) is 5.41 Å². The lowest BCUT2D eigenvalue weighted by atomic mass is 9.34. The maximum atomic E-state index is 9.26. The molecule has 2 aromatic rings. The van der Waals surface area contributed by atoms with Crippen LogP contribution in [0.25, 0.3) is 5.65 Å². The van der Waals surface area contributed by atoms with Crippen LogP contribution in [-0.2, 0) is 5.41 Å². The van der Waals surface area contributed by atoms with Gasteiger partial charge in [0.2, 0.25) is 0 Å². The number of pyridine rings is 1. The first-order valence-electron chi connectivity index (χ1n) is 5.81. The van der Waals surface area contributed by atoms with Crippen LogP contribution >= 0.6 is 0 Å². The van der Waals surface area contributed by atoms with E-state index in [1.54, 1.807) is 0 Å². The molecule has 0 aromatic carbocycles. The van der Waals surface area contributed by atoms with E-state index in [0.29, 0.717) is 12.0 Å². The lowest BCUT2D eigenvalue weighted by molar-refractivity contribution is -0.169. The van der Waals surface area contributed by atoms with E-state index in [0.717, 1.165) is 24.9 Å². The average Bonchev–Trinajstić information content (AvgIpc) is 2.57. The lowest BCUT2D eigenvalue weighted by Gasteiger charge is -2.69. The van der Waals surface area contributed by atoms with Gasteiger partial charge < -0.3 is 9.51 Å². The topological polar surface area (TPSA) is 37.5 Å². The van der Waals surface area contributed by atoms with Crippen LogP contribution in [0.1, 0.15) is 25.0 Å². The van der Waals surface area contributed by atoms with Gasteiger partial charge in [0.25, 0.3) is 0 Å². The van der Waals surface area contributed by atoms with Crippen LogP contribution in [0.15, 0.2) is 30.6 Å². The molecule has 1 N–H and O–H groups in total. The fourth-order valence-electron chi connectivity index (χ4n) is 3.63. The van der Waals surface area contributed by atoms with Crippen LogP contribution in [-0.4, -0.2) is 21.1 Å². The van der Waals surface area contributed by atoms with Gasteiger partial charge in [-0.15, -0.1) is 0 Å². The minimum absolute atomic E-state index is 0.260. The summed E-state index contributed by atoms with van der Waals surface area (Å²) in [5.41, 5.74) is 2.80. The molecule has 0 unspecified atom stereocenters. The molecule has 5 rings (SSSR count). The standard InChI is InChI=1S/C13H14N2O/c16-9-12-6-13(7-12,8-12)10-5-15-4-2-1-3-11(15)14-10/h1-5,16H,6-9H2. The molecule has 0 saturated heterocycles. The smallest absolute Gasteiger partial charge is 0.136 e. The summed E-state index contributed by atoms with van der Waals surface area (Å²) in [7, 11) is 0. The molecule has 2 aromatic heterocycles. The van der Waals surface area contributed by atoms with Gasteiger partial charge >= 0.3 is 0 Å². The van der Waals surface area contributed by atoms with E-state index in [2.05, 4.69) is 10.6 Å². The van der Waals surface area contributed by atoms with Crippen molar-refractivity contribution in [3.8, 4) is 0 Å². The van der Waals surface area contributed by atoms with E-state index < -0.39 is 0 Å². The molecule has 3 aliphatic rings. The Bertz CT molecular complexity index is 519. The van der Waals surface area contributed by atoms with Gasteiger partial charge in [-0.1, -0.05) is 6.07 Å². The fourth-order valence-corrected chi connectivity index (χ4v) is 3.63. The van der Waals surface area contributed by atoms with Gasteiger partial charge in [0, 0.05) is 24.4 Å². The minimum Gasteiger partial charge on any atom is -0.396 e. The number of aliphatic hydroxyl groups excluding tert-OH is 1. The highest BCUT2D eigenvalue weighted by Crippen LogP contribution is 2.73. The summed E-state index contributed by atoms with van der Waals surface area (Å²) in [6, 6.07) is 6.08. The third-order valence-electron chi connectivity index (χ3n) is 4.38. The molecule has 0 atom stereocenters. The number of aliphatic hydroxyl groups is 1. The number of hydrogen-bond acceptors (Lipinski definition) is 2. The zero-order valence-corrected chi connectivity index (χ0v) is 9.06. The largest absolute Gasteiger partial charge is 0.396 e. The quantitative estimate of drug-likeness (QED) is 0.827. The summed E-state index contributed by atoms with van der Waals surface area (Å²) in [6.45, 7) is 0.349. The van der Waals surface area contributed by atoms with E-state index in [4.69, 9.17) is 4.98 Å². The predicted octanol–water partition coefficient (Wildman–Crippen LogP) is 1.75. The first kappa shape index (κ1) is 8.76. The van der Waals surface area contributed by atoms with Gasteiger partial charge in [0.05, 0.1) is 5.69 Å². The molecule has 0 radical (unpaired) electrons. The second kappa shape index (κ2) is 2.48. The minimum atomic E-state index is 0.260. The zero-order valence-electron chi connectivity index (χ0n) is 9.06. The summed E-state index contributed by atoms with van der Waals surface area (Å²) in [6.07, 6.45) is 7.57. The molecule has 0 amide bonds. The molecule has 2 bridgehead atoms. The van der Waals surface area contributed by atoms with Crippen LogP contribution < -0.4 is 0 Å². The van der Waals surface area contributed by atoms with Gasteiger partial charge in [-0.25, -0.2) is 4.98 Å². The molecule has 16 heavy (non-hydrogen) atoms. The number of hydrogen-bond donors (Lipinski definition) is 1. The van der Waals surface area contributed by atoms with Crippen molar-refractivity contribution in [3.63, 3.8) is 0 Å². The molecule has 82 valence electrons. The average molecular weight is 214 g/mol. The SMILES string of the molecule is OCC12CC(c3cn4ccccc4n3)(C1)C2. The third-order valence-corrected chi connectivity index (χ3v) is 4.38. The summed E-state index contributed by atoms with van der Waals surface area (Å²) in [4.78, 5) is 4.69. The molecule has 3 saturated carbocycles. The van der Waals surface area contributed by atoms with E-state index in [-0.39, 0.29) is 5.41 Å². The van der Waals surface area contributed by atoms with Crippen molar-refractivity contribution in [2.45, 2.75) is 24.7 Å². The summed E-state index contributed by atoms with van der Waals surface area (Å²) in [5.74, 6) is 0.